The molecule has 0 amide bonds. The van der Waals surface area contributed by atoms with E-state index in [9.17, 15) is 8.78 Å². The van der Waals surface area contributed by atoms with Crippen LogP contribution in [-0.2, 0) is 0 Å². The lowest BCUT2D eigenvalue weighted by molar-refractivity contribution is 0.589. The Morgan fingerprint density at radius 1 is 1.20 bits per heavy atom. The van der Waals surface area contributed by atoms with Crippen LogP contribution in [0, 0.1) is 18.6 Å². The van der Waals surface area contributed by atoms with Gasteiger partial charge in [-0.1, -0.05) is 28.1 Å². The topological polar surface area (TPSA) is 38.0 Å². The van der Waals surface area contributed by atoms with Gasteiger partial charge in [-0.3, -0.25) is 0 Å². The van der Waals surface area contributed by atoms with Crippen molar-refractivity contribution >= 4 is 44.5 Å². The quantitative estimate of drug-likeness (QED) is 0.799. The molecule has 6 heteroatoms. The summed E-state index contributed by atoms with van der Waals surface area (Å²) in [6.45, 7) is 1.83. The van der Waals surface area contributed by atoms with Crippen LogP contribution in [0.3, 0.4) is 0 Å². The highest BCUT2D eigenvalue weighted by Gasteiger charge is 2.11. The summed E-state index contributed by atoms with van der Waals surface area (Å²) in [4.78, 5) is 0.287. The van der Waals surface area contributed by atoms with Gasteiger partial charge in [0, 0.05) is 15.7 Å². The average molecular weight is 357 g/mol. The first kappa shape index (κ1) is 14.9. The zero-order valence-corrected chi connectivity index (χ0v) is 12.9. The maximum Gasteiger partial charge on any atom is 0.150 e. The molecule has 0 bridgehead atoms. The third-order valence-electron chi connectivity index (χ3n) is 2.77. The van der Waals surface area contributed by atoms with Crippen LogP contribution < -0.4 is 11.1 Å². The van der Waals surface area contributed by atoms with Crippen molar-refractivity contribution in [3.8, 4) is 0 Å². The number of rotatable bonds is 3. The summed E-state index contributed by atoms with van der Waals surface area (Å²) in [6.07, 6.45) is 0. The van der Waals surface area contributed by atoms with Crippen molar-refractivity contribution in [1.29, 1.82) is 0 Å². The van der Waals surface area contributed by atoms with Crippen molar-refractivity contribution in [3.05, 3.63) is 57.6 Å². The van der Waals surface area contributed by atoms with Gasteiger partial charge in [-0.15, -0.1) is 0 Å². The van der Waals surface area contributed by atoms with E-state index in [4.69, 9.17) is 18.0 Å². The van der Waals surface area contributed by atoms with Gasteiger partial charge in [0.2, 0.25) is 0 Å². The molecule has 2 nitrogen and oxygen atoms in total. The van der Waals surface area contributed by atoms with Gasteiger partial charge in [0.25, 0.3) is 0 Å². The molecule has 2 aromatic carbocycles. The number of halogens is 3. The molecule has 0 aliphatic heterocycles. The molecule has 0 aliphatic carbocycles. The van der Waals surface area contributed by atoms with Crippen molar-refractivity contribution in [3.63, 3.8) is 0 Å². The number of benzene rings is 2. The minimum atomic E-state index is -0.673. The predicted molar refractivity (Wildman–Crippen MR) is 84.4 cm³/mol. The van der Waals surface area contributed by atoms with Gasteiger partial charge in [0.15, 0.2) is 11.6 Å². The Morgan fingerprint density at radius 3 is 2.30 bits per heavy atom. The van der Waals surface area contributed by atoms with E-state index in [1.807, 2.05) is 6.92 Å². The SMILES string of the molecule is Cc1cc(Nc2c(F)cc(Br)cc2F)ccc1C(N)=S. The highest BCUT2D eigenvalue weighted by molar-refractivity contribution is 9.10. The van der Waals surface area contributed by atoms with Crippen LogP contribution in [0.4, 0.5) is 20.2 Å². The molecule has 0 aliphatic rings. The van der Waals surface area contributed by atoms with E-state index in [2.05, 4.69) is 21.2 Å². The van der Waals surface area contributed by atoms with Gasteiger partial charge in [-0.2, -0.15) is 0 Å². The fraction of sp³-hybridized carbons (Fsp3) is 0.0714. The molecule has 2 rings (SSSR count). The van der Waals surface area contributed by atoms with Gasteiger partial charge < -0.3 is 11.1 Å². The Balaban J connectivity index is 2.36. The van der Waals surface area contributed by atoms with Crippen LogP contribution in [0.2, 0.25) is 0 Å². The molecule has 0 spiro atoms. The largest absolute Gasteiger partial charge is 0.389 e. The molecular weight excluding hydrogens is 346 g/mol. The zero-order chi connectivity index (χ0) is 14.9. The van der Waals surface area contributed by atoms with Crippen LogP contribution >= 0.6 is 28.1 Å². The third-order valence-corrected chi connectivity index (χ3v) is 3.45. The Labute approximate surface area is 129 Å². The van der Waals surface area contributed by atoms with Gasteiger partial charge in [-0.25, -0.2) is 8.78 Å². The van der Waals surface area contributed by atoms with Crippen LogP contribution in [0.25, 0.3) is 0 Å². The van der Waals surface area contributed by atoms with E-state index in [0.29, 0.717) is 10.2 Å². The fourth-order valence-corrected chi connectivity index (χ4v) is 2.45. The number of anilines is 2. The van der Waals surface area contributed by atoms with Crippen LogP contribution in [0.5, 0.6) is 0 Å². The molecule has 0 saturated carbocycles. The molecule has 0 atom stereocenters. The van der Waals surface area contributed by atoms with Gasteiger partial charge >= 0.3 is 0 Å². The lowest BCUT2D eigenvalue weighted by atomic mass is 10.1. The van der Waals surface area contributed by atoms with E-state index in [1.165, 1.54) is 12.1 Å². The van der Waals surface area contributed by atoms with E-state index >= 15 is 0 Å². The highest BCUT2D eigenvalue weighted by atomic mass is 79.9. The summed E-state index contributed by atoms with van der Waals surface area (Å²) < 4.78 is 27.8. The van der Waals surface area contributed by atoms with Gasteiger partial charge in [0.05, 0.1) is 0 Å². The summed E-state index contributed by atoms with van der Waals surface area (Å²) in [6, 6.07) is 7.51. The smallest absolute Gasteiger partial charge is 0.150 e. The summed E-state index contributed by atoms with van der Waals surface area (Å²) in [7, 11) is 0. The molecular formula is C14H11BrF2N2S. The number of hydrogen-bond donors (Lipinski definition) is 2. The molecule has 0 saturated heterocycles. The summed E-state index contributed by atoms with van der Waals surface area (Å²) in [5.41, 5.74) is 7.50. The monoisotopic (exact) mass is 356 g/mol. The third kappa shape index (κ3) is 3.13. The summed E-state index contributed by atoms with van der Waals surface area (Å²) >= 11 is 7.94. The zero-order valence-electron chi connectivity index (χ0n) is 10.5. The van der Waals surface area contributed by atoms with Gasteiger partial charge in [-0.05, 0) is 42.8 Å². The Morgan fingerprint density at radius 2 is 1.80 bits per heavy atom. The van der Waals surface area contributed by atoms with Crippen LogP contribution in [0.15, 0.2) is 34.8 Å². The molecule has 2 aromatic rings. The van der Waals surface area contributed by atoms with Crippen molar-refractivity contribution in [2.24, 2.45) is 5.73 Å². The standard InChI is InChI=1S/C14H11BrF2N2S/c1-7-4-9(2-3-10(7)14(18)20)19-13-11(16)5-8(15)6-12(13)17/h2-6,19H,1H3,(H2,18,20). The lowest BCUT2D eigenvalue weighted by Gasteiger charge is -2.11. The number of aryl methyl sites for hydroxylation is 1. The van der Waals surface area contributed by atoms with Crippen molar-refractivity contribution < 1.29 is 8.78 Å². The predicted octanol–water partition coefficient (Wildman–Crippen LogP) is 4.41. The Kier molecular flexibility index (Phi) is 4.35. The first-order valence-electron chi connectivity index (χ1n) is 5.70. The molecule has 0 fully saturated rings. The van der Waals surface area contributed by atoms with Crippen LogP contribution in [-0.4, -0.2) is 4.99 Å². The maximum atomic E-state index is 13.7. The molecule has 20 heavy (non-hydrogen) atoms. The normalized spacial score (nSPS) is 10.4. The minimum absolute atomic E-state index is 0.198. The summed E-state index contributed by atoms with van der Waals surface area (Å²) in [5.74, 6) is -1.35. The highest BCUT2D eigenvalue weighted by Crippen LogP contribution is 2.27. The van der Waals surface area contributed by atoms with E-state index in [0.717, 1.165) is 11.1 Å². The van der Waals surface area contributed by atoms with E-state index in [-0.39, 0.29) is 10.7 Å². The Bertz CT molecular complexity index is 666. The number of hydrogen-bond acceptors (Lipinski definition) is 2. The second kappa shape index (κ2) is 5.85. The first-order valence-corrected chi connectivity index (χ1v) is 6.90. The van der Waals surface area contributed by atoms with Crippen LogP contribution in [0.1, 0.15) is 11.1 Å². The molecule has 104 valence electrons. The van der Waals surface area contributed by atoms with Crippen molar-refractivity contribution in [2.75, 3.05) is 5.32 Å². The molecule has 3 N–H and O–H groups in total. The fourth-order valence-electron chi connectivity index (χ4n) is 1.82. The number of thiocarbonyl (C=S) groups is 1. The average Bonchev–Trinajstić information content (AvgIpc) is 2.33. The lowest BCUT2D eigenvalue weighted by Crippen LogP contribution is -2.11. The maximum absolute atomic E-state index is 13.7. The number of nitrogens with two attached hydrogens (primary N) is 1. The summed E-state index contributed by atoms with van der Waals surface area (Å²) in [5, 5.41) is 2.72. The van der Waals surface area contributed by atoms with Gasteiger partial charge in [0.1, 0.15) is 10.7 Å². The Hall–Kier alpha value is -1.53. The first-order chi connectivity index (χ1) is 9.38. The van der Waals surface area contributed by atoms with E-state index < -0.39 is 11.6 Å². The molecule has 0 heterocycles. The number of nitrogens with one attached hydrogen (secondary N) is 1. The molecule has 0 radical (unpaired) electrons. The molecule has 0 aromatic heterocycles. The minimum Gasteiger partial charge on any atom is -0.389 e. The second-order valence-corrected chi connectivity index (χ2v) is 5.62. The second-order valence-electron chi connectivity index (χ2n) is 4.26. The van der Waals surface area contributed by atoms with Crippen molar-refractivity contribution in [1.82, 2.24) is 0 Å². The van der Waals surface area contributed by atoms with Crippen molar-refractivity contribution in [2.45, 2.75) is 6.92 Å². The molecule has 0 unspecified atom stereocenters. The van der Waals surface area contributed by atoms with E-state index in [1.54, 1.807) is 18.2 Å².